The summed E-state index contributed by atoms with van der Waals surface area (Å²) in [5, 5.41) is 6.40. The number of carbonyl (C=O) groups is 1. The zero-order valence-electron chi connectivity index (χ0n) is 19.1. The van der Waals surface area contributed by atoms with Crippen LogP contribution in [0.5, 0.6) is 5.75 Å². The SMILES string of the molecule is CN=C(NCCC(=O)N(C)Cc1ccccc1)NC(C)c1ccc(OCC2CC2)c(F)c1. The van der Waals surface area contributed by atoms with Crippen LogP contribution in [0.25, 0.3) is 0 Å². The van der Waals surface area contributed by atoms with Gasteiger partial charge in [-0.05, 0) is 48.9 Å². The molecule has 0 aromatic heterocycles. The number of hydrogen-bond acceptors (Lipinski definition) is 3. The molecular formula is C25H33FN4O2. The standard InChI is InChI=1S/C25H33FN4O2/c1-18(21-11-12-23(22(26)15-21)32-17-20-9-10-20)29-25(27-2)28-14-13-24(31)30(3)16-19-7-5-4-6-8-19/h4-8,11-12,15,18,20H,9-10,13-14,16-17H2,1-3H3,(H2,27,28,29). The van der Waals surface area contributed by atoms with Crippen molar-refractivity contribution in [2.75, 3.05) is 27.2 Å². The van der Waals surface area contributed by atoms with E-state index in [4.69, 9.17) is 4.74 Å². The molecule has 7 heteroatoms. The third-order valence-electron chi connectivity index (χ3n) is 5.52. The Morgan fingerprint density at radius 2 is 2.00 bits per heavy atom. The molecular weight excluding hydrogens is 407 g/mol. The highest BCUT2D eigenvalue weighted by molar-refractivity contribution is 5.81. The van der Waals surface area contributed by atoms with Gasteiger partial charge in [-0.25, -0.2) is 4.39 Å². The lowest BCUT2D eigenvalue weighted by atomic mass is 10.1. The molecule has 1 aliphatic carbocycles. The maximum atomic E-state index is 14.4. The molecule has 32 heavy (non-hydrogen) atoms. The number of aliphatic imine (C=N–C) groups is 1. The fourth-order valence-corrected chi connectivity index (χ4v) is 3.30. The van der Waals surface area contributed by atoms with E-state index in [-0.39, 0.29) is 17.8 Å². The Bertz CT molecular complexity index is 915. The highest BCUT2D eigenvalue weighted by atomic mass is 19.1. The molecule has 0 heterocycles. The summed E-state index contributed by atoms with van der Waals surface area (Å²) in [5.74, 6) is 1.13. The minimum absolute atomic E-state index is 0.0497. The molecule has 1 aliphatic rings. The molecule has 0 bridgehead atoms. The van der Waals surface area contributed by atoms with Crippen LogP contribution in [0, 0.1) is 11.7 Å². The zero-order chi connectivity index (χ0) is 22.9. The number of guanidine groups is 1. The zero-order valence-corrected chi connectivity index (χ0v) is 19.1. The molecule has 2 aromatic carbocycles. The third-order valence-corrected chi connectivity index (χ3v) is 5.52. The van der Waals surface area contributed by atoms with E-state index in [0.29, 0.717) is 43.7 Å². The van der Waals surface area contributed by atoms with Gasteiger partial charge in [-0.1, -0.05) is 36.4 Å². The topological polar surface area (TPSA) is 66.0 Å². The lowest BCUT2D eigenvalue weighted by Gasteiger charge is -2.20. The van der Waals surface area contributed by atoms with Crippen molar-refractivity contribution < 1.29 is 13.9 Å². The van der Waals surface area contributed by atoms with Gasteiger partial charge in [0.15, 0.2) is 17.5 Å². The Morgan fingerprint density at radius 3 is 2.66 bits per heavy atom. The molecule has 2 aromatic rings. The van der Waals surface area contributed by atoms with Crippen molar-refractivity contribution in [3.63, 3.8) is 0 Å². The monoisotopic (exact) mass is 440 g/mol. The van der Waals surface area contributed by atoms with Crippen LogP contribution in [-0.2, 0) is 11.3 Å². The number of rotatable bonds is 10. The van der Waals surface area contributed by atoms with E-state index in [1.807, 2.05) is 43.3 Å². The normalized spacial score (nSPS) is 14.6. The van der Waals surface area contributed by atoms with Crippen molar-refractivity contribution in [2.45, 2.75) is 38.8 Å². The van der Waals surface area contributed by atoms with Crippen LogP contribution in [-0.4, -0.2) is 44.0 Å². The van der Waals surface area contributed by atoms with Gasteiger partial charge in [0.1, 0.15) is 0 Å². The molecule has 1 amide bonds. The maximum absolute atomic E-state index is 14.4. The van der Waals surface area contributed by atoms with Crippen molar-refractivity contribution >= 4 is 11.9 Å². The van der Waals surface area contributed by atoms with Crippen molar-refractivity contribution in [3.05, 3.63) is 65.5 Å². The maximum Gasteiger partial charge on any atom is 0.224 e. The third kappa shape index (κ3) is 7.25. The van der Waals surface area contributed by atoms with Gasteiger partial charge in [0.05, 0.1) is 12.6 Å². The van der Waals surface area contributed by atoms with Crippen LogP contribution in [0.15, 0.2) is 53.5 Å². The van der Waals surface area contributed by atoms with E-state index in [1.54, 1.807) is 25.1 Å². The molecule has 1 unspecified atom stereocenters. The average Bonchev–Trinajstić information content (AvgIpc) is 3.62. The average molecular weight is 441 g/mol. The summed E-state index contributed by atoms with van der Waals surface area (Å²) in [7, 11) is 3.47. The van der Waals surface area contributed by atoms with Gasteiger partial charge >= 0.3 is 0 Å². The lowest BCUT2D eigenvalue weighted by molar-refractivity contribution is -0.130. The quantitative estimate of drug-likeness (QED) is 0.435. The minimum atomic E-state index is -0.355. The first-order valence-corrected chi connectivity index (χ1v) is 11.1. The largest absolute Gasteiger partial charge is 0.490 e. The van der Waals surface area contributed by atoms with Gasteiger partial charge in [0.2, 0.25) is 5.91 Å². The Morgan fingerprint density at radius 1 is 1.25 bits per heavy atom. The Labute approximate surface area is 189 Å². The second-order valence-corrected chi connectivity index (χ2v) is 8.29. The summed E-state index contributed by atoms with van der Waals surface area (Å²) in [6.07, 6.45) is 2.68. The summed E-state index contributed by atoms with van der Waals surface area (Å²) >= 11 is 0. The molecule has 0 radical (unpaired) electrons. The highest BCUT2D eigenvalue weighted by Crippen LogP contribution is 2.30. The Hall–Kier alpha value is -3.09. The van der Waals surface area contributed by atoms with Gasteiger partial charge in [-0.2, -0.15) is 0 Å². The number of carbonyl (C=O) groups excluding carboxylic acids is 1. The summed E-state index contributed by atoms with van der Waals surface area (Å²) in [6.45, 7) is 3.55. The minimum Gasteiger partial charge on any atom is -0.490 e. The summed E-state index contributed by atoms with van der Waals surface area (Å²) in [6, 6.07) is 14.8. The Kier molecular flexibility index (Phi) is 8.48. The van der Waals surface area contributed by atoms with E-state index < -0.39 is 0 Å². The fourth-order valence-electron chi connectivity index (χ4n) is 3.30. The van der Waals surface area contributed by atoms with Crippen LogP contribution in [0.4, 0.5) is 4.39 Å². The number of nitrogens with one attached hydrogen (secondary N) is 2. The first-order chi connectivity index (χ1) is 15.5. The number of halogens is 1. The van der Waals surface area contributed by atoms with Crippen molar-refractivity contribution in [2.24, 2.45) is 10.9 Å². The smallest absolute Gasteiger partial charge is 0.224 e. The van der Waals surface area contributed by atoms with Crippen LogP contribution in [0.3, 0.4) is 0 Å². The molecule has 0 aliphatic heterocycles. The molecule has 0 saturated heterocycles. The van der Waals surface area contributed by atoms with Crippen LogP contribution >= 0.6 is 0 Å². The van der Waals surface area contributed by atoms with Crippen LogP contribution in [0.2, 0.25) is 0 Å². The second kappa shape index (κ2) is 11.5. The highest BCUT2D eigenvalue weighted by Gasteiger charge is 2.22. The van der Waals surface area contributed by atoms with Gasteiger partial charge in [-0.3, -0.25) is 9.79 Å². The molecule has 1 atom stereocenters. The van der Waals surface area contributed by atoms with Gasteiger partial charge in [-0.15, -0.1) is 0 Å². The van der Waals surface area contributed by atoms with E-state index in [2.05, 4.69) is 15.6 Å². The number of benzene rings is 2. The number of ether oxygens (including phenoxy) is 1. The first kappa shape index (κ1) is 23.6. The van der Waals surface area contributed by atoms with Crippen LogP contribution < -0.4 is 15.4 Å². The van der Waals surface area contributed by atoms with Crippen molar-refractivity contribution in [3.8, 4) is 5.75 Å². The van der Waals surface area contributed by atoms with Crippen LogP contribution in [0.1, 0.15) is 43.4 Å². The van der Waals surface area contributed by atoms with E-state index in [0.717, 1.165) is 11.1 Å². The molecule has 1 saturated carbocycles. The summed E-state index contributed by atoms with van der Waals surface area (Å²) < 4.78 is 19.9. The molecule has 6 nitrogen and oxygen atoms in total. The summed E-state index contributed by atoms with van der Waals surface area (Å²) in [4.78, 5) is 18.3. The Balaban J connectivity index is 1.43. The van der Waals surface area contributed by atoms with Crippen molar-refractivity contribution in [1.82, 2.24) is 15.5 Å². The van der Waals surface area contributed by atoms with Gasteiger partial charge in [0, 0.05) is 33.6 Å². The van der Waals surface area contributed by atoms with Gasteiger partial charge < -0.3 is 20.3 Å². The van der Waals surface area contributed by atoms with Crippen molar-refractivity contribution in [1.29, 1.82) is 0 Å². The number of amides is 1. The molecule has 0 spiro atoms. The second-order valence-electron chi connectivity index (χ2n) is 8.29. The van der Waals surface area contributed by atoms with E-state index >= 15 is 0 Å². The van der Waals surface area contributed by atoms with E-state index in [9.17, 15) is 9.18 Å². The summed E-state index contributed by atoms with van der Waals surface area (Å²) in [5.41, 5.74) is 1.89. The lowest BCUT2D eigenvalue weighted by Crippen LogP contribution is -2.40. The number of nitrogens with zero attached hydrogens (tertiary/aromatic N) is 2. The predicted molar refractivity (Wildman–Crippen MR) is 125 cm³/mol. The first-order valence-electron chi connectivity index (χ1n) is 11.1. The van der Waals surface area contributed by atoms with E-state index in [1.165, 1.54) is 18.9 Å². The molecule has 3 rings (SSSR count). The molecule has 2 N–H and O–H groups in total. The fraction of sp³-hybridized carbons (Fsp3) is 0.440. The number of hydrogen-bond donors (Lipinski definition) is 2. The molecule has 1 fully saturated rings. The predicted octanol–water partition coefficient (Wildman–Crippen LogP) is 3.89. The van der Waals surface area contributed by atoms with Gasteiger partial charge in [0.25, 0.3) is 0 Å². The molecule has 172 valence electrons.